The highest BCUT2D eigenvalue weighted by atomic mass is 16.2. The minimum Gasteiger partial charge on any atom is -0.352 e. The number of hydrogen-bond donors (Lipinski definition) is 1. The Bertz CT molecular complexity index is 725. The van der Waals surface area contributed by atoms with E-state index in [9.17, 15) is 9.59 Å². The molecule has 1 aliphatic heterocycles. The van der Waals surface area contributed by atoms with Crippen LogP contribution in [0.15, 0.2) is 54.6 Å². The third-order valence-electron chi connectivity index (χ3n) is 3.95. The van der Waals surface area contributed by atoms with Crippen LogP contribution in [0.5, 0.6) is 0 Å². The molecule has 1 atom stereocenters. The molecule has 1 heterocycles. The van der Waals surface area contributed by atoms with Crippen molar-refractivity contribution in [3.63, 3.8) is 0 Å². The van der Waals surface area contributed by atoms with E-state index in [1.807, 2.05) is 56.3 Å². The van der Waals surface area contributed by atoms with Gasteiger partial charge in [-0.1, -0.05) is 36.4 Å². The first kappa shape index (κ1) is 15.3. The minimum absolute atomic E-state index is 0.0416. The summed E-state index contributed by atoms with van der Waals surface area (Å²) in [6.07, 6.45) is 0.549. The number of anilines is 1. The van der Waals surface area contributed by atoms with Crippen LogP contribution < -0.4 is 10.2 Å². The molecule has 2 aromatic carbocycles. The van der Waals surface area contributed by atoms with Crippen LogP contribution in [-0.2, 0) is 11.2 Å². The second kappa shape index (κ2) is 6.24. The first-order valence-corrected chi connectivity index (χ1v) is 7.85. The molecule has 0 aromatic heterocycles. The zero-order valence-corrected chi connectivity index (χ0v) is 13.3. The summed E-state index contributed by atoms with van der Waals surface area (Å²) in [6, 6.07) is 16.3. The summed E-state index contributed by atoms with van der Waals surface area (Å²) in [4.78, 5) is 27.1. The van der Waals surface area contributed by atoms with Gasteiger partial charge in [0.1, 0.15) is 6.04 Å². The average molecular weight is 308 g/mol. The van der Waals surface area contributed by atoms with E-state index < -0.39 is 6.04 Å². The van der Waals surface area contributed by atoms with Gasteiger partial charge >= 0.3 is 0 Å². The highest BCUT2D eigenvalue weighted by Crippen LogP contribution is 2.33. The number of nitrogens with one attached hydrogen (secondary N) is 1. The number of rotatable bonds is 3. The molecule has 0 saturated carbocycles. The molecule has 0 aliphatic carbocycles. The second-order valence-corrected chi connectivity index (χ2v) is 6.05. The van der Waals surface area contributed by atoms with Gasteiger partial charge in [0.15, 0.2) is 0 Å². The molecule has 0 spiro atoms. The van der Waals surface area contributed by atoms with E-state index in [1.165, 1.54) is 0 Å². The Morgan fingerprint density at radius 3 is 2.39 bits per heavy atom. The first-order valence-electron chi connectivity index (χ1n) is 7.85. The number of para-hydroxylation sites is 1. The topological polar surface area (TPSA) is 49.4 Å². The lowest BCUT2D eigenvalue weighted by atomic mass is 10.1. The van der Waals surface area contributed by atoms with Gasteiger partial charge in [-0.2, -0.15) is 0 Å². The number of hydrogen-bond acceptors (Lipinski definition) is 2. The molecule has 0 fully saturated rings. The third-order valence-corrected chi connectivity index (χ3v) is 3.95. The van der Waals surface area contributed by atoms with Gasteiger partial charge in [-0.15, -0.1) is 0 Å². The summed E-state index contributed by atoms with van der Waals surface area (Å²) < 4.78 is 0. The zero-order valence-electron chi connectivity index (χ0n) is 13.3. The number of fused-ring (bicyclic) bond motifs is 1. The van der Waals surface area contributed by atoms with Crippen molar-refractivity contribution >= 4 is 17.5 Å². The van der Waals surface area contributed by atoms with Crippen molar-refractivity contribution in [2.75, 3.05) is 4.90 Å². The maximum absolute atomic E-state index is 13.0. The molecule has 0 bridgehead atoms. The molecule has 1 N–H and O–H groups in total. The van der Waals surface area contributed by atoms with Gasteiger partial charge in [0.25, 0.3) is 5.91 Å². The molecule has 0 radical (unpaired) electrons. The number of nitrogens with zero attached hydrogens (tertiary/aromatic N) is 1. The normalized spacial score (nSPS) is 16.3. The molecule has 2 aromatic rings. The van der Waals surface area contributed by atoms with E-state index in [0.29, 0.717) is 12.0 Å². The van der Waals surface area contributed by atoms with Crippen LogP contribution in [0.3, 0.4) is 0 Å². The molecule has 1 aliphatic rings. The van der Waals surface area contributed by atoms with Crippen LogP contribution >= 0.6 is 0 Å². The van der Waals surface area contributed by atoms with Crippen LogP contribution in [0.4, 0.5) is 5.69 Å². The summed E-state index contributed by atoms with van der Waals surface area (Å²) in [5.74, 6) is -0.250. The lowest BCUT2D eigenvalue weighted by Crippen LogP contribution is -2.49. The fraction of sp³-hybridized carbons (Fsp3) is 0.263. The first-order chi connectivity index (χ1) is 11.1. The lowest BCUT2D eigenvalue weighted by molar-refractivity contribution is -0.122. The Morgan fingerprint density at radius 2 is 1.70 bits per heavy atom. The maximum atomic E-state index is 13.0. The summed E-state index contributed by atoms with van der Waals surface area (Å²) in [5, 5.41) is 2.92. The van der Waals surface area contributed by atoms with E-state index in [4.69, 9.17) is 0 Å². The Balaban J connectivity index is 1.98. The van der Waals surface area contributed by atoms with Crippen LogP contribution in [0.2, 0.25) is 0 Å². The Kier molecular flexibility index (Phi) is 4.15. The van der Waals surface area contributed by atoms with Crippen LogP contribution in [-0.4, -0.2) is 23.9 Å². The molecule has 4 heteroatoms. The van der Waals surface area contributed by atoms with E-state index in [0.717, 1.165) is 11.3 Å². The summed E-state index contributed by atoms with van der Waals surface area (Å²) in [7, 11) is 0. The van der Waals surface area contributed by atoms with Crippen molar-refractivity contribution < 1.29 is 9.59 Å². The van der Waals surface area contributed by atoms with Gasteiger partial charge in [0.2, 0.25) is 5.91 Å². The second-order valence-electron chi connectivity index (χ2n) is 6.05. The zero-order chi connectivity index (χ0) is 16.4. The van der Waals surface area contributed by atoms with Crippen LogP contribution in [0.1, 0.15) is 29.8 Å². The average Bonchev–Trinajstić information content (AvgIpc) is 2.94. The Hall–Kier alpha value is -2.62. The highest BCUT2D eigenvalue weighted by molar-refractivity contribution is 6.11. The summed E-state index contributed by atoms with van der Waals surface area (Å²) in [6.45, 7) is 3.84. The standard InChI is InChI=1S/C19H20N2O2/c1-13(2)20-18(22)17-12-15-10-6-7-11-16(15)21(17)19(23)14-8-4-3-5-9-14/h3-11,13,17H,12H2,1-2H3,(H,20,22)/t17-/m1/s1. The largest absolute Gasteiger partial charge is 0.352 e. The fourth-order valence-corrected chi connectivity index (χ4v) is 2.95. The number of carbonyl (C=O) groups excluding carboxylic acids is 2. The molecule has 2 amide bonds. The van der Waals surface area contributed by atoms with E-state index in [1.54, 1.807) is 17.0 Å². The van der Waals surface area contributed by atoms with Crippen molar-refractivity contribution in [2.24, 2.45) is 0 Å². The summed E-state index contributed by atoms with van der Waals surface area (Å²) >= 11 is 0. The quantitative estimate of drug-likeness (QED) is 0.948. The fourth-order valence-electron chi connectivity index (χ4n) is 2.95. The van der Waals surface area contributed by atoms with E-state index in [2.05, 4.69) is 5.32 Å². The number of carbonyl (C=O) groups is 2. The Morgan fingerprint density at radius 1 is 1.04 bits per heavy atom. The predicted octanol–water partition coefficient (Wildman–Crippen LogP) is 2.78. The molecule has 4 nitrogen and oxygen atoms in total. The third kappa shape index (κ3) is 2.97. The molecule has 0 unspecified atom stereocenters. The molecular formula is C19H20N2O2. The molecule has 0 saturated heterocycles. The van der Waals surface area contributed by atoms with Crippen LogP contribution in [0, 0.1) is 0 Å². The molecular weight excluding hydrogens is 288 g/mol. The molecule has 23 heavy (non-hydrogen) atoms. The van der Waals surface area contributed by atoms with Crippen molar-refractivity contribution in [2.45, 2.75) is 32.4 Å². The monoisotopic (exact) mass is 308 g/mol. The van der Waals surface area contributed by atoms with Crippen molar-refractivity contribution in [3.8, 4) is 0 Å². The predicted molar refractivity (Wildman–Crippen MR) is 90.5 cm³/mol. The van der Waals surface area contributed by atoms with Gasteiger partial charge in [0.05, 0.1) is 0 Å². The lowest BCUT2D eigenvalue weighted by Gasteiger charge is -2.25. The molecule has 118 valence electrons. The van der Waals surface area contributed by atoms with Gasteiger partial charge in [0, 0.05) is 23.7 Å². The van der Waals surface area contributed by atoms with Crippen molar-refractivity contribution in [3.05, 3.63) is 65.7 Å². The number of amides is 2. The SMILES string of the molecule is CC(C)NC(=O)[C@H]1Cc2ccccc2N1C(=O)c1ccccc1. The van der Waals surface area contributed by atoms with Crippen LogP contribution in [0.25, 0.3) is 0 Å². The van der Waals surface area contributed by atoms with Gasteiger partial charge in [-0.25, -0.2) is 0 Å². The maximum Gasteiger partial charge on any atom is 0.259 e. The summed E-state index contributed by atoms with van der Waals surface area (Å²) in [5.41, 5.74) is 2.44. The van der Waals surface area contributed by atoms with Gasteiger partial charge in [-0.05, 0) is 37.6 Å². The van der Waals surface area contributed by atoms with Gasteiger partial charge in [-0.3, -0.25) is 14.5 Å². The smallest absolute Gasteiger partial charge is 0.259 e. The van der Waals surface area contributed by atoms with Crippen molar-refractivity contribution in [1.82, 2.24) is 5.32 Å². The van der Waals surface area contributed by atoms with Gasteiger partial charge < -0.3 is 5.32 Å². The highest BCUT2D eigenvalue weighted by Gasteiger charge is 2.38. The molecule has 3 rings (SSSR count). The van der Waals surface area contributed by atoms with E-state index in [-0.39, 0.29) is 17.9 Å². The number of benzene rings is 2. The Labute approximate surface area is 136 Å². The van der Waals surface area contributed by atoms with E-state index >= 15 is 0 Å². The van der Waals surface area contributed by atoms with Crippen molar-refractivity contribution in [1.29, 1.82) is 0 Å². The minimum atomic E-state index is -0.498.